The van der Waals surface area contributed by atoms with Crippen LogP contribution in [0, 0.1) is 0 Å². The second kappa shape index (κ2) is 8.10. The molecule has 0 bridgehead atoms. The normalized spacial score (nSPS) is 13.0. The van der Waals surface area contributed by atoms with Gasteiger partial charge < -0.3 is 10.4 Å². The molecule has 0 aliphatic heterocycles. The number of rotatable bonds is 6. The van der Waals surface area contributed by atoms with Gasteiger partial charge in [0.1, 0.15) is 5.60 Å². The van der Waals surface area contributed by atoms with Gasteiger partial charge >= 0.3 is 0 Å². The molecule has 0 aliphatic carbocycles. The molecule has 0 aliphatic rings. The monoisotopic (exact) mass is 405 g/mol. The molecule has 5 heteroatoms. The summed E-state index contributed by atoms with van der Waals surface area (Å²) in [6.45, 7) is 0.115. The molecule has 0 saturated heterocycles. The summed E-state index contributed by atoms with van der Waals surface area (Å²) >= 11 is 3.00. The first-order chi connectivity index (χ1) is 13.7. The van der Waals surface area contributed by atoms with E-state index in [0.717, 1.165) is 21.6 Å². The van der Waals surface area contributed by atoms with E-state index < -0.39 is 5.60 Å². The van der Waals surface area contributed by atoms with Gasteiger partial charge in [-0.05, 0) is 51.5 Å². The molecule has 3 nitrogen and oxygen atoms in total. The summed E-state index contributed by atoms with van der Waals surface area (Å²) in [5.41, 5.74) is 2.30. The smallest absolute Gasteiger partial charge is 0.251 e. The van der Waals surface area contributed by atoms with Crippen LogP contribution < -0.4 is 5.32 Å². The average Bonchev–Trinajstić information content (AvgIpc) is 3.47. The van der Waals surface area contributed by atoms with Crippen LogP contribution in [0.5, 0.6) is 0 Å². The van der Waals surface area contributed by atoms with Gasteiger partial charge in [0.2, 0.25) is 0 Å². The molecule has 4 aromatic rings. The van der Waals surface area contributed by atoms with Crippen LogP contribution in [0.4, 0.5) is 0 Å². The van der Waals surface area contributed by atoms with Crippen LogP contribution in [0.2, 0.25) is 0 Å². The van der Waals surface area contributed by atoms with Crippen LogP contribution in [0.25, 0.3) is 11.1 Å². The molecule has 28 heavy (non-hydrogen) atoms. The van der Waals surface area contributed by atoms with E-state index in [1.807, 2.05) is 88.9 Å². The van der Waals surface area contributed by atoms with Gasteiger partial charge in [-0.3, -0.25) is 4.79 Å². The van der Waals surface area contributed by atoms with Crippen LogP contribution in [-0.4, -0.2) is 17.6 Å². The van der Waals surface area contributed by atoms with Gasteiger partial charge in [-0.2, -0.15) is 11.3 Å². The molecule has 2 aromatic heterocycles. The summed E-state index contributed by atoms with van der Waals surface area (Å²) in [5, 5.41) is 20.0. The van der Waals surface area contributed by atoms with E-state index >= 15 is 0 Å². The third-order valence-electron chi connectivity index (χ3n) is 4.69. The molecule has 0 radical (unpaired) electrons. The second-order valence-electron chi connectivity index (χ2n) is 6.48. The van der Waals surface area contributed by atoms with Gasteiger partial charge in [0.15, 0.2) is 0 Å². The Bertz CT molecular complexity index is 990. The van der Waals surface area contributed by atoms with Crippen molar-refractivity contribution in [3.8, 4) is 11.1 Å². The first-order valence-electron chi connectivity index (χ1n) is 8.89. The third kappa shape index (κ3) is 3.78. The molecule has 2 heterocycles. The SMILES string of the molecule is O=C(NCC(O)(c1ccsc1)c1cccs1)c1ccc(-c2ccccc2)cc1. The van der Waals surface area contributed by atoms with Crippen molar-refractivity contribution in [1.82, 2.24) is 5.32 Å². The first-order valence-corrected chi connectivity index (χ1v) is 10.7. The van der Waals surface area contributed by atoms with Crippen molar-refractivity contribution in [2.75, 3.05) is 6.54 Å². The molecule has 0 spiro atoms. The minimum atomic E-state index is -1.23. The van der Waals surface area contributed by atoms with Gasteiger partial charge in [0.25, 0.3) is 5.91 Å². The van der Waals surface area contributed by atoms with Crippen molar-refractivity contribution >= 4 is 28.6 Å². The Labute approximate surface area is 171 Å². The van der Waals surface area contributed by atoms with Gasteiger partial charge in [-0.15, -0.1) is 11.3 Å². The fourth-order valence-electron chi connectivity index (χ4n) is 3.10. The molecular weight excluding hydrogens is 386 g/mol. The lowest BCUT2D eigenvalue weighted by atomic mass is 9.94. The maximum absolute atomic E-state index is 12.7. The minimum absolute atomic E-state index is 0.115. The Morgan fingerprint density at radius 3 is 2.29 bits per heavy atom. The molecule has 1 unspecified atom stereocenters. The van der Waals surface area contributed by atoms with Crippen LogP contribution in [-0.2, 0) is 5.60 Å². The van der Waals surface area contributed by atoms with Crippen molar-refractivity contribution < 1.29 is 9.90 Å². The highest BCUT2D eigenvalue weighted by Gasteiger charge is 2.33. The zero-order valence-electron chi connectivity index (χ0n) is 15.0. The molecule has 2 aromatic carbocycles. The summed E-state index contributed by atoms with van der Waals surface area (Å²) in [4.78, 5) is 13.5. The lowest BCUT2D eigenvalue weighted by molar-refractivity contribution is 0.0721. The zero-order valence-corrected chi connectivity index (χ0v) is 16.7. The molecule has 0 saturated carbocycles. The van der Waals surface area contributed by atoms with Crippen molar-refractivity contribution in [3.63, 3.8) is 0 Å². The molecule has 4 rings (SSSR count). The van der Waals surface area contributed by atoms with Crippen LogP contribution >= 0.6 is 22.7 Å². The van der Waals surface area contributed by atoms with E-state index in [2.05, 4.69) is 5.32 Å². The van der Waals surface area contributed by atoms with Crippen LogP contribution in [0.1, 0.15) is 20.8 Å². The van der Waals surface area contributed by atoms with E-state index in [0.29, 0.717) is 5.56 Å². The summed E-state index contributed by atoms with van der Waals surface area (Å²) in [5.74, 6) is -0.204. The predicted octanol–water partition coefficient (Wildman–Crippen LogP) is 5.14. The highest BCUT2D eigenvalue weighted by Crippen LogP contribution is 2.33. The van der Waals surface area contributed by atoms with Gasteiger partial charge in [0, 0.05) is 16.0 Å². The number of benzene rings is 2. The Morgan fingerprint density at radius 1 is 0.893 bits per heavy atom. The lowest BCUT2D eigenvalue weighted by Gasteiger charge is -2.27. The fraction of sp³-hybridized carbons (Fsp3) is 0.0870. The largest absolute Gasteiger partial charge is 0.378 e. The maximum Gasteiger partial charge on any atom is 0.251 e. The summed E-state index contributed by atoms with van der Waals surface area (Å²) in [7, 11) is 0. The number of carbonyl (C=O) groups is 1. The number of carbonyl (C=O) groups excluding carboxylic acids is 1. The number of amides is 1. The van der Waals surface area contributed by atoms with Crippen molar-refractivity contribution in [2.45, 2.75) is 5.60 Å². The Hall–Kier alpha value is -2.73. The summed E-state index contributed by atoms with van der Waals surface area (Å²) in [6.07, 6.45) is 0. The van der Waals surface area contributed by atoms with E-state index in [1.54, 1.807) is 0 Å². The third-order valence-corrected chi connectivity index (χ3v) is 6.39. The minimum Gasteiger partial charge on any atom is -0.378 e. The fourth-order valence-corrected chi connectivity index (χ4v) is 4.67. The van der Waals surface area contributed by atoms with Crippen molar-refractivity contribution in [1.29, 1.82) is 0 Å². The van der Waals surface area contributed by atoms with E-state index in [9.17, 15) is 9.90 Å². The maximum atomic E-state index is 12.7. The Balaban J connectivity index is 1.50. The predicted molar refractivity (Wildman–Crippen MR) is 116 cm³/mol. The number of nitrogens with one attached hydrogen (secondary N) is 1. The van der Waals surface area contributed by atoms with Crippen molar-refractivity contribution in [3.05, 3.63) is 105 Å². The number of hydrogen-bond acceptors (Lipinski definition) is 4. The van der Waals surface area contributed by atoms with Gasteiger partial charge in [0.05, 0.1) is 6.54 Å². The van der Waals surface area contributed by atoms with E-state index in [1.165, 1.54) is 22.7 Å². The van der Waals surface area contributed by atoms with E-state index in [4.69, 9.17) is 0 Å². The molecule has 2 N–H and O–H groups in total. The highest BCUT2D eigenvalue weighted by atomic mass is 32.1. The Kier molecular flexibility index (Phi) is 5.39. The summed E-state index contributed by atoms with van der Waals surface area (Å²) < 4.78 is 0. The average molecular weight is 406 g/mol. The highest BCUT2D eigenvalue weighted by molar-refractivity contribution is 7.10. The zero-order chi connectivity index (χ0) is 19.4. The topological polar surface area (TPSA) is 49.3 Å². The van der Waals surface area contributed by atoms with Crippen LogP contribution in [0.15, 0.2) is 88.9 Å². The quantitative estimate of drug-likeness (QED) is 0.466. The molecule has 0 fully saturated rings. The van der Waals surface area contributed by atoms with Gasteiger partial charge in [-0.25, -0.2) is 0 Å². The Morgan fingerprint density at radius 2 is 1.64 bits per heavy atom. The van der Waals surface area contributed by atoms with Gasteiger partial charge in [-0.1, -0.05) is 48.5 Å². The second-order valence-corrected chi connectivity index (χ2v) is 8.20. The number of hydrogen-bond donors (Lipinski definition) is 2. The molecular formula is C23H19NO2S2. The standard InChI is InChI=1S/C23H19NO2S2/c25-22(19-10-8-18(9-11-19)17-5-2-1-3-6-17)24-16-23(26,20-12-14-27-15-20)21-7-4-13-28-21/h1-15,26H,16H2,(H,24,25). The molecule has 140 valence electrons. The van der Waals surface area contributed by atoms with E-state index in [-0.39, 0.29) is 12.5 Å². The number of aliphatic hydroxyl groups is 1. The molecule has 1 amide bonds. The first kappa shape index (κ1) is 18.6. The number of thiophene rings is 2. The molecule has 1 atom stereocenters. The lowest BCUT2D eigenvalue weighted by Crippen LogP contribution is -2.40. The summed E-state index contributed by atoms with van der Waals surface area (Å²) in [6, 6.07) is 23.2. The van der Waals surface area contributed by atoms with Crippen LogP contribution in [0.3, 0.4) is 0 Å². The van der Waals surface area contributed by atoms with Crippen molar-refractivity contribution in [2.24, 2.45) is 0 Å².